The molecular weight excluding hydrogens is 448 g/mol. The molecule has 0 aromatic heterocycles. The smallest absolute Gasteiger partial charge is 0.407 e. The number of carboxylic acids is 1. The van der Waals surface area contributed by atoms with Crippen LogP contribution < -0.4 is 5.32 Å². The SMILES string of the molecule is COCCN(CC(=O)O)C(=O)[C@]12C[C@H](NC(=O)OCC3c4ccccc4-c4ccccc43)C[C@H]1C2. The lowest BCUT2D eigenvalue weighted by Gasteiger charge is -2.26. The van der Waals surface area contributed by atoms with Gasteiger partial charge in [0.05, 0.1) is 12.0 Å². The number of amides is 2. The summed E-state index contributed by atoms with van der Waals surface area (Å²) in [7, 11) is 1.52. The Morgan fingerprint density at radius 2 is 1.71 bits per heavy atom. The molecule has 3 aliphatic carbocycles. The number of ether oxygens (including phenoxy) is 2. The van der Waals surface area contributed by atoms with Crippen LogP contribution in [0.25, 0.3) is 11.1 Å². The van der Waals surface area contributed by atoms with Crippen LogP contribution in [0.1, 0.15) is 36.3 Å². The molecule has 2 N–H and O–H groups in total. The quantitative estimate of drug-likeness (QED) is 0.573. The number of fused-ring (bicyclic) bond motifs is 4. The maximum atomic E-state index is 13.2. The summed E-state index contributed by atoms with van der Waals surface area (Å²) in [5.41, 5.74) is 4.08. The van der Waals surface area contributed by atoms with Gasteiger partial charge in [0, 0.05) is 25.6 Å². The minimum atomic E-state index is -1.05. The van der Waals surface area contributed by atoms with Crippen molar-refractivity contribution in [2.75, 3.05) is 33.4 Å². The van der Waals surface area contributed by atoms with Gasteiger partial charge in [0.2, 0.25) is 5.91 Å². The molecule has 0 heterocycles. The van der Waals surface area contributed by atoms with Crippen molar-refractivity contribution in [3.05, 3.63) is 59.7 Å². The number of aliphatic carboxylic acids is 1. The maximum Gasteiger partial charge on any atom is 0.407 e. The van der Waals surface area contributed by atoms with E-state index in [0.29, 0.717) is 12.8 Å². The Morgan fingerprint density at radius 3 is 2.34 bits per heavy atom. The van der Waals surface area contributed by atoms with Crippen LogP contribution in [-0.2, 0) is 19.1 Å². The number of carbonyl (C=O) groups excluding carboxylic acids is 2. The van der Waals surface area contributed by atoms with Crippen LogP contribution in [0.2, 0.25) is 0 Å². The molecule has 0 bridgehead atoms. The Hall–Kier alpha value is -3.39. The van der Waals surface area contributed by atoms with Crippen molar-refractivity contribution in [2.45, 2.75) is 31.2 Å². The Kier molecular flexibility index (Phi) is 6.23. The second-order valence-electron chi connectivity index (χ2n) is 9.78. The molecule has 0 radical (unpaired) electrons. The van der Waals surface area contributed by atoms with Gasteiger partial charge in [0.15, 0.2) is 0 Å². The van der Waals surface area contributed by atoms with Gasteiger partial charge in [-0.2, -0.15) is 0 Å². The van der Waals surface area contributed by atoms with Crippen molar-refractivity contribution in [1.29, 1.82) is 0 Å². The lowest BCUT2D eigenvalue weighted by atomic mass is 9.98. The average molecular weight is 479 g/mol. The lowest BCUT2D eigenvalue weighted by Crippen LogP contribution is -2.43. The number of carboxylic acid groups (broad SMARTS) is 1. The Bertz CT molecular complexity index is 1100. The topological polar surface area (TPSA) is 105 Å². The second-order valence-corrected chi connectivity index (χ2v) is 9.78. The number of alkyl carbamates (subject to hydrolysis) is 1. The molecule has 8 heteroatoms. The van der Waals surface area contributed by atoms with Crippen LogP contribution in [0, 0.1) is 11.3 Å². The molecule has 2 aromatic carbocycles. The maximum absolute atomic E-state index is 13.2. The van der Waals surface area contributed by atoms with E-state index in [9.17, 15) is 19.5 Å². The normalized spacial score (nSPS) is 23.7. The van der Waals surface area contributed by atoms with Crippen molar-refractivity contribution < 1.29 is 29.0 Å². The van der Waals surface area contributed by atoms with E-state index >= 15 is 0 Å². The summed E-state index contributed by atoms with van der Waals surface area (Å²) in [4.78, 5) is 38.5. The van der Waals surface area contributed by atoms with Crippen LogP contribution in [0.5, 0.6) is 0 Å². The molecule has 2 fully saturated rings. The second kappa shape index (κ2) is 9.34. The van der Waals surface area contributed by atoms with E-state index in [2.05, 4.69) is 29.6 Å². The summed E-state index contributed by atoms with van der Waals surface area (Å²) in [6.07, 6.45) is 1.45. The van der Waals surface area contributed by atoms with Crippen LogP contribution in [-0.4, -0.2) is 67.4 Å². The summed E-state index contributed by atoms with van der Waals surface area (Å²) < 4.78 is 10.7. The molecule has 0 spiro atoms. The van der Waals surface area contributed by atoms with Gasteiger partial charge in [-0.15, -0.1) is 0 Å². The molecule has 8 nitrogen and oxygen atoms in total. The molecular formula is C27H30N2O6. The van der Waals surface area contributed by atoms with Gasteiger partial charge in [0.25, 0.3) is 0 Å². The molecule has 184 valence electrons. The number of nitrogens with one attached hydrogen (secondary N) is 1. The molecule has 5 rings (SSSR count). The van der Waals surface area contributed by atoms with Crippen molar-refractivity contribution in [3.63, 3.8) is 0 Å². The fourth-order valence-corrected chi connectivity index (χ4v) is 6.00. The molecule has 3 atom stereocenters. The largest absolute Gasteiger partial charge is 0.480 e. The molecule has 2 saturated carbocycles. The van der Waals surface area contributed by atoms with Gasteiger partial charge in [-0.25, -0.2) is 4.79 Å². The summed E-state index contributed by atoms with van der Waals surface area (Å²) >= 11 is 0. The number of rotatable bonds is 9. The summed E-state index contributed by atoms with van der Waals surface area (Å²) in [5.74, 6) is -1.05. The number of carbonyl (C=O) groups is 3. The lowest BCUT2D eigenvalue weighted by molar-refractivity contribution is -0.147. The summed E-state index contributed by atoms with van der Waals surface area (Å²) in [6.45, 7) is 0.409. The van der Waals surface area contributed by atoms with Crippen molar-refractivity contribution >= 4 is 18.0 Å². The fourth-order valence-electron chi connectivity index (χ4n) is 6.00. The highest BCUT2D eigenvalue weighted by molar-refractivity contribution is 5.89. The van der Waals surface area contributed by atoms with Gasteiger partial charge < -0.3 is 24.8 Å². The zero-order chi connectivity index (χ0) is 24.6. The zero-order valence-corrected chi connectivity index (χ0v) is 19.7. The Morgan fingerprint density at radius 1 is 1.06 bits per heavy atom. The standard InChI is InChI=1S/C27H30N2O6/c1-34-11-10-29(15-24(30)31)25(32)27-13-17(27)12-18(14-27)28-26(33)35-16-23-21-8-4-2-6-19(21)20-7-3-5-9-22(20)23/h2-9,17-18,23H,10-16H2,1H3,(H,28,33)(H,30,31)/t17-,18+,27+/m0/s1. The predicted octanol–water partition coefficient (Wildman–Crippen LogP) is 3.25. The van der Waals surface area contributed by atoms with Gasteiger partial charge in [-0.05, 0) is 47.4 Å². The van der Waals surface area contributed by atoms with Crippen molar-refractivity contribution in [3.8, 4) is 11.1 Å². The number of hydrogen-bond donors (Lipinski definition) is 2. The van der Waals surface area contributed by atoms with Gasteiger partial charge in [-0.3, -0.25) is 9.59 Å². The van der Waals surface area contributed by atoms with E-state index in [4.69, 9.17) is 9.47 Å². The highest BCUT2D eigenvalue weighted by Crippen LogP contribution is 2.64. The van der Waals surface area contributed by atoms with Gasteiger partial charge in [-0.1, -0.05) is 48.5 Å². The number of nitrogens with zero attached hydrogens (tertiary/aromatic N) is 1. The van der Waals surface area contributed by atoms with Crippen LogP contribution in [0.3, 0.4) is 0 Å². The molecule has 0 aliphatic heterocycles. The fraction of sp³-hybridized carbons (Fsp3) is 0.444. The van der Waals surface area contributed by atoms with Crippen LogP contribution in [0.4, 0.5) is 4.79 Å². The summed E-state index contributed by atoms with van der Waals surface area (Å²) in [6, 6.07) is 16.2. The van der Waals surface area contributed by atoms with Gasteiger partial charge in [0.1, 0.15) is 13.2 Å². The highest BCUT2D eigenvalue weighted by Gasteiger charge is 2.66. The van der Waals surface area contributed by atoms with Crippen molar-refractivity contribution in [1.82, 2.24) is 10.2 Å². The van der Waals surface area contributed by atoms with E-state index in [1.165, 1.54) is 23.1 Å². The van der Waals surface area contributed by atoms with Crippen molar-refractivity contribution in [2.24, 2.45) is 11.3 Å². The van der Waals surface area contributed by atoms with E-state index < -0.39 is 17.5 Å². The summed E-state index contributed by atoms with van der Waals surface area (Å²) in [5, 5.41) is 12.1. The van der Waals surface area contributed by atoms with E-state index in [0.717, 1.165) is 17.5 Å². The molecule has 2 amide bonds. The predicted molar refractivity (Wildman–Crippen MR) is 128 cm³/mol. The van der Waals surface area contributed by atoms with E-state index in [1.54, 1.807) is 0 Å². The number of hydrogen-bond acceptors (Lipinski definition) is 5. The van der Waals surface area contributed by atoms with E-state index in [-0.39, 0.29) is 50.1 Å². The monoisotopic (exact) mass is 478 g/mol. The third-order valence-electron chi connectivity index (χ3n) is 7.68. The molecule has 0 saturated heterocycles. The number of methoxy groups -OCH3 is 1. The third kappa shape index (κ3) is 4.38. The van der Waals surface area contributed by atoms with Crippen LogP contribution >= 0.6 is 0 Å². The highest BCUT2D eigenvalue weighted by atomic mass is 16.5. The Labute approximate surface area is 204 Å². The molecule has 2 aromatic rings. The minimum absolute atomic E-state index is 0.0107. The first-order valence-corrected chi connectivity index (χ1v) is 12.0. The number of benzene rings is 2. The van der Waals surface area contributed by atoms with Crippen LogP contribution in [0.15, 0.2) is 48.5 Å². The first-order valence-electron chi connectivity index (χ1n) is 12.0. The van der Waals surface area contributed by atoms with Gasteiger partial charge >= 0.3 is 12.1 Å². The first-order chi connectivity index (χ1) is 16.9. The zero-order valence-electron chi connectivity index (χ0n) is 19.7. The molecule has 0 unspecified atom stereocenters. The average Bonchev–Trinajstić information content (AvgIpc) is 3.27. The molecule has 35 heavy (non-hydrogen) atoms. The van der Waals surface area contributed by atoms with E-state index in [1.807, 2.05) is 24.3 Å². The first kappa shape index (κ1) is 23.4. The minimum Gasteiger partial charge on any atom is -0.480 e. The Balaban J connectivity index is 1.18. The third-order valence-corrected chi connectivity index (χ3v) is 7.68. The molecule has 3 aliphatic rings.